The molecule has 0 aliphatic rings. The molecule has 5 nitrogen and oxygen atoms in total. The number of halogens is 2. The summed E-state index contributed by atoms with van der Waals surface area (Å²) < 4.78 is 7.11. The molecule has 2 heterocycles. The fraction of sp³-hybridized carbons (Fsp3) is 0.364. The Hall–Kier alpha value is -1.14. The van der Waals surface area contributed by atoms with E-state index in [1.807, 2.05) is 0 Å². The van der Waals surface area contributed by atoms with Gasteiger partial charge in [0.2, 0.25) is 0 Å². The average molecular weight is 333 g/mol. The van der Waals surface area contributed by atoms with Gasteiger partial charge in [-0.05, 0) is 42.8 Å². The van der Waals surface area contributed by atoms with E-state index in [1.165, 1.54) is 10.8 Å². The predicted molar refractivity (Wildman–Crippen MR) is 71.9 cm³/mol. The molecule has 18 heavy (non-hydrogen) atoms. The summed E-state index contributed by atoms with van der Waals surface area (Å²) in [6.45, 7) is 5.38. The Balaban J connectivity index is 2.53. The summed E-state index contributed by atoms with van der Waals surface area (Å²) in [4.78, 5) is 20.2. The largest absolute Gasteiger partial charge is 0.443 e. The van der Waals surface area contributed by atoms with Crippen LogP contribution in [-0.2, 0) is 4.74 Å². The molecule has 0 bridgehead atoms. The van der Waals surface area contributed by atoms with Crippen molar-refractivity contribution < 1.29 is 9.53 Å². The lowest BCUT2D eigenvalue weighted by molar-refractivity contribution is 0.0540. The molecule has 0 aliphatic carbocycles. The minimum atomic E-state index is -0.584. The van der Waals surface area contributed by atoms with Crippen molar-refractivity contribution >= 4 is 44.8 Å². The van der Waals surface area contributed by atoms with Crippen LogP contribution in [-0.4, -0.2) is 26.2 Å². The zero-order chi connectivity index (χ0) is 13.5. The number of aromatic nitrogens is 3. The number of carbonyl (C=O) groups excluding carboxylic acids is 1. The van der Waals surface area contributed by atoms with E-state index in [-0.39, 0.29) is 5.15 Å². The first kappa shape index (κ1) is 13.3. The van der Waals surface area contributed by atoms with Crippen LogP contribution in [0.1, 0.15) is 20.8 Å². The minimum Gasteiger partial charge on any atom is -0.443 e. The zero-order valence-electron chi connectivity index (χ0n) is 10.1. The molecular weight excluding hydrogens is 321 g/mol. The number of nitrogens with zero attached hydrogens (tertiary/aromatic N) is 3. The fourth-order valence-corrected chi connectivity index (χ4v) is 2.05. The Morgan fingerprint density at radius 2 is 2.17 bits per heavy atom. The standard InChI is InChI=1S/C11H11BrClN3O2/c1-11(2,3)18-10(17)16-7(12)4-6-9(16)15-8(13)5-14-6/h4-5H,1-3H3. The Kier molecular flexibility index (Phi) is 3.33. The number of carbonyl (C=O) groups is 1. The molecule has 7 heteroatoms. The van der Waals surface area contributed by atoms with Crippen LogP contribution in [0.25, 0.3) is 11.2 Å². The lowest BCUT2D eigenvalue weighted by atomic mass is 10.2. The molecule has 0 radical (unpaired) electrons. The van der Waals surface area contributed by atoms with E-state index >= 15 is 0 Å². The van der Waals surface area contributed by atoms with Gasteiger partial charge in [-0.1, -0.05) is 11.6 Å². The lowest BCUT2D eigenvalue weighted by Gasteiger charge is -2.19. The smallest absolute Gasteiger partial charge is 0.421 e. The molecule has 0 fully saturated rings. The lowest BCUT2D eigenvalue weighted by Crippen LogP contribution is -2.27. The highest BCUT2D eigenvalue weighted by molar-refractivity contribution is 9.10. The summed E-state index contributed by atoms with van der Waals surface area (Å²) in [7, 11) is 0. The van der Waals surface area contributed by atoms with E-state index in [1.54, 1.807) is 26.8 Å². The number of fused-ring (bicyclic) bond motifs is 1. The maximum absolute atomic E-state index is 12.1. The Morgan fingerprint density at radius 1 is 1.50 bits per heavy atom. The van der Waals surface area contributed by atoms with Crippen LogP contribution >= 0.6 is 27.5 Å². The highest BCUT2D eigenvalue weighted by Crippen LogP contribution is 2.23. The summed E-state index contributed by atoms with van der Waals surface area (Å²) in [6.07, 6.45) is 0.899. The summed E-state index contributed by atoms with van der Waals surface area (Å²) >= 11 is 9.06. The molecule has 0 aromatic carbocycles. The van der Waals surface area contributed by atoms with Gasteiger partial charge in [-0.15, -0.1) is 0 Å². The van der Waals surface area contributed by atoms with Crippen LogP contribution in [0, 0.1) is 0 Å². The van der Waals surface area contributed by atoms with Crippen molar-refractivity contribution in [3.05, 3.63) is 22.0 Å². The van der Waals surface area contributed by atoms with Gasteiger partial charge < -0.3 is 4.74 Å². The Bertz CT molecular complexity index is 619. The molecule has 0 unspecified atom stereocenters. The first-order valence-corrected chi connectivity index (χ1v) is 6.38. The summed E-state index contributed by atoms with van der Waals surface area (Å²) in [6, 6.07) is 1.68. The third kappa shape index (κ3) is 2.64. The number of ether oxygens (including phenoxy) is 1. The topological polar surface area (TPSA) is 57.0 Å². The van der Waals surface area contributed by atoms with Gasteiger partial charge in [0, 0.05) is 0 Å². The van der Waals surface area contributed by atoms with Crippen LogP contribution in [0.2, 0.25) is 5.15 Å². The quantitative estimate of drug-likeness (QED) is 0.739. The normalized spacial score (nSPS) is 11.8. The molecule has 0 atom stereocenters. The van der Waals surface area contributed by atoms with Crippen molar-refractivity contribution in [2.75, 3.05) is 0 Å². The molecule has 96 valence electrons. The molecule has 2 aromatic rings. The molecule has 2 rings (SSSR count). The van der Waals surface area contributed by atoms with Crippen LogP contribution in [0.5, 0.6) is 0 Å². The van der Waals surface area contributed by atoms with Crippen molar-refractivity contribution in [1.82, 2.24) is 14.5 Å². The summed E-state index contributed by atoms with van der Waals surface area (Å²) in [5.74, 6) is 0. The van der Waals surface area contributed by atoms with Crippen molar-refractivity contribution in [3.8, 4) is 0 Å². The maximum atomic E-state index is 12.1. The van der Waals surface area contributed by atoms with Crippen molar-refractivity contribution in [2.24, 2.45) is 0 Å². The van der Waals surface area contributed by atoms with Crippen molar-refractivity contribution in [3.63, 3.8) is 0 Å². The molecule has 0 N–H and O–H groups in total. The van der Waals surface area contributed by atoms with Gasteiger partial charge in [0.1, 0.15) is 16.3 Å². The van der Waals surface area contributed by atoms with E-state index in [0.29, 0.717) is 15.8 Å². The summed E-state index contributed by atoms with van der Waals surface area (Å²) in [5.41, 5.74) is 0.347. The number of rotatable bonds is 0. The molecule has 0 saturated carbocycles. The van der Waals surface area contributed by atoms with Gasteiger partial charge in [-0.2, -0.15) is 0 Å². The fourth-order valence-electron chi connectivity index (χ4n) is 1.39. The van der Waals surface area contributed by atoms with Gasteiger partial charge in [-0.25, -0.2) is 19.3 Å². The van der Waals surface area contributed by atoms with Gasteiger partial charge in [-0.3, -0.25) is 0 Å². The second-order valence-electron chi connectivity index (χ2n) is 4.68. The van der Waals surface area contributed by atoms with Gasteiger partial charge in [0.25, 0.3) is 0 Å². The second-order valence-corrected chi connectivity index (χ2v) is 5.88. The minimum absolute atomic E-state index is 0.220. The highest BCUT2D eigenvalue weighted by atomic mass is 79.9. The molecular formula is C11H11BrClN3O2. The molecule has 2 aromatic heterocycles. The van der Waals surface area contributed by atoms with E-state index in [2.05, 4.69) is 25.9 Å². The SMILES string of the molecule is CC(C)(C)OC(=O)n1c(Br)cc2ncc(Cl)nc21. The Labute approximate surface area is 117 Å². The Morgan fingerprint density at radius 3 is 2.78 bits per heavy atom. The van der Waals surface area contributed by atoms with E-state index in [4.69, 9.17) is 16.3 Å². The maximum Gasteiger partial charge on any atom is 0.421 e. The third-order valence-corrected chi connectivity index (χ3v) is 2.77. The monoisotopic (exact) mass is 331 g/mol. The first-order valence-electron chi connectivity index (χ1n) is 5.21. The molecule has 0 amide bonds. The van der Waals surface area contributed by atoms with Crippen molar-refractivity contribution in [1.29, 1.82) is 0 Å². The highest BCUT2D eigenvalue weighted by Gasteiger charge is 2.22. The number of hydrogen-bond acceptors (Lipinski definition) is 4. The van der Waals surface area contributed by atoms with Crippen LogP contribution < -0.4 is 0 Å². The average Bonchev–Trinajstić information content (AvgIpc) is 2.50. The van der Waals surface area contributed by atoms with E-state index < -0.39 is 11.7 Å². The van der Waals surface area contributed by atoms with E-state index in [0.717, 1.165) is 0 Å². The van der Waals surface area contributed by atoms with Gasteiger partial charge in [0.05, 0.1) is 10.8 Å². The van der Waals surface area contributed by atoms with Crippen LogP contribution in [0.4, 0.5) is 4.79 Å². The second kappa shape index (κ2) is 4.51. The van der Waals surface area contributed by atoms with E-state index in [9.17, 15) is 4.79 Å². The summed E-state index contributed by atoms with van der Waals surface area (Å²) in [5, 5.41) is 0.220. The van der Waals surface area contributed by atoms with Gasteiger partial charge in [0.15, 0.2) is 5.65 Å². The predicted octanol–water partition coefficient (Wildman–Crippen LogP) is 3.63. The molecule has 0 spiro atoms. The number of hydrogen-bond donors (Lipinski definition) is 0. The third-order valence-electron chi connectivity index (χ3n) is 2.01. The first-order chi connectivity index (χ1) is 8.28. The van der Waals surface area contributed by atoms with Crippen LogP contribution in [0.15, 0.2) is 16.9 Å². The van der Waals surface area contributed by atoms with Gasteiger partial charge >= 0.3 is 6.09 Å². The van der Waals surface area contributed by atoms with Crippen molar-refractivity contribution in [2.45, 2.75) is 26.4 Å². The zero-order valence-corrected chi connectivity index (χ0v) is 12.4. The van der Waals surface area contributed by atoms with Crippen LogP contribution in [0.3, 0.4) is 0 Å². The molecule has 0 aliphatic heterocycles. The molecule has 0 saturated heterocycles.